The van der Waals surface area contributed by atoms with E-state index in [1.54, 1.807) is 11.8 Å². The number of rotatable bonds is 6. The van der Waals surface area contributed by atoms with Crippen molar-refractivity contribution in [2.75, 3.05) is 26.4 Å². The molecule has 0 amide bonds. The molecule has 2 N–H and O–H groups in total. The molecule has 1 aromatic rings. The van der Waals surface area contributed by atoms with Gasteiger partial charge in [0.1, 0.15) is 0 Å². The van der Waals surface area contributed by atoms with Gasteiger partial charge in [-0.05, 0) is 43.7 Å². The van der Waals surface area contributed by atoms with Gasteiger partial charge in [0.25, 0.3) is 0 Å². The van der Waals surface area contributed by atoms with Gasteiger partial charge in [0.15, 0.2) is 5.96 Å². The molecule has 1 aliphatic rings. The molecule has 2 atom stereocenters. The molecule has 0 spiro atoms. The predicted molar refractivity (Wildman–Crippen MR) is 114 cm³/mol. The quantitative estimate of drug-likeness (QED) is 0.293. The molecular formula is C18H30IN3OS. The summed E-state index contributed by atoms with van der Waals surface area (Å²) >= 11 is 1.76. The van der Waals surface area contributed by atoms with E-state index in [1.165, 1.54) is 10.5 Å². The SMILES string of the molecule is CCNC(=NCC1CCCC1O)N(C)Cc1ccc(SC)cc1.I. The minimum absolute atomic E-state index is 0. The van der Waals surface area contributed by atoms with Gasteiger partial charge in [0.05, 0.1) is 6.10 Å². The fourth-order valence-corrected chi connectivity index (χ4v) is 3.39. The van der Waals surface area contributed by atoms with E-state index in [-0.39, 0.29) is 30.1 Å². The van der Waals surface area contributed by atoms with E-state index in [9.17, 15) is 5.11 Å². The van der Waals surface area contributed by atoms with Gasteiger partial charge in [-0.15, -0.1) is 35.7 Å². The summed E-state index contributed by atoms with van der Waals surface area (Å²) in [5, 5.41) is 13.3. The van der Waals surface area contributed by atoms with E-state index in [0.717, 1.165) is 38.3 Å². The lowest BCUT2D eigenvalue weighted by Gasteiger charge is -2.23. The zero-order valence-electron chi connectivity index (χ0n) is 14.9. The van der Waals surface area contributed by atoms with Gasteiger partial charge < -0.3 is 15.3 Å². The normalized spacial score (nSPS) is 20.6. The molecule has 0 saturated heterocycles. The molecule has 0 aromatic heterocycles. The Kier molecular flexibility index (Phi) is 10.1. The van der Waals surface area contributed by atoms with Gasteiger partial charge in [0, 0.05) is 37.5 Å². The zero-order valence-corrected chi connectivity index (χ0v) is 18.0. The Morgan fingerprint density at radius 1 is 1.33 bits per heavy atom. The van der Waals surface area contributed by atoms with E-state index in [4.69, 9.17) is 4.99 Å². The van der Waals surface area contributed by atoms with E-state index in [2.05, 4.69) is 54.7 Å². The van der Waals surface area contributed by atoms with Crippen LogP contribution in [0.5, 0.6) is 0 Å². The predicted octanol–water partition coefficient (Wildman–Crippen LogP) is 3.58. The third-order valence-corrected chi connectivity index (χ3v) is 5.11. The third-order valence-electron chi connectivity index (χ3n) is 4.37. The highest BCUT2D eigenvalue weighted by Crippen LogP contribution is 2.25. The maximum absolute atomic E-state index is 9.95. The number of halogens is 1. The van der Waals surface area contributed by atoms with Crippen LogP contribution in [-0.2, 0) is 6.54 Å². The molecule has 1 fully saturated rings. The molecule has 0 aliphatic heterocycles. The molecule has 6 heteroatoms. The molecule has 0 heterocycles. The minimum atomic E-state index is -0.175. The number of hydrogen-bond acceptors (Lipinski definition) is 3. The van der Waals surface area contributed by atoms with Crippen molar-refractivity contribution < 1.29 is 5.11 Å². The number of benzene rings is 1. The van der Waals surface area contributed by atoms with E-state index >= 15 is 0 Å². The van der Waals surface area contributed by atoms with Gasteiger partial charge in [-0.1, -0.05) is 18.6 Å². The first-order valence-corrected chi connectivity index (χ1v) is 9.67. The molecule has 1 saturated carbocycles. The standard InChI is InChI=1S/C18H29N3OS.HI/c1-4-19-18(20-12-15-6-5-7-17(15)22)21(2)13-14-8-10-16(23-3)11-9-14;/h8-11,15,17,22H,4-7,12-13H2,1-3H3,(H,19,20);1H. The van der Waals surface area contributed by atoms with Crippen LogP contribution in [0.4, 0.5) is 0 Å². The van der Waals surface area contributed by atoms with Crippen LogP contribution in [0, 0.1) is 5.92 Å². The number of aliphatic hydroxyl groups excluding tert-OH is 1. The molecule has 4 nitrogen and oxygen atoms in total. The van der Waals surface area contributed by atoms with Crippen LogP contribution in [0.2, 0.25) is 0 Å². The van der Waals surface area contributed by atoms with Crippen LogP contribution in [0.1, 0.15) is 31.7 Å². The number of aliphatic hydroxyl groups is 1. The number of aliphatic imine (C=N–C) groups is 1. The summed E-state index contributed by atoms with van der Waals surface area (Å²) < 4.78 is 0. The highest BCUT2D eigenvalue weighted by atomic mass is 127. The lowest BCUT2D eigenvalue weighted by atomic mass is 10.1. The van der Waals surface area contributed by atoms with Crippen molar-refractivity contribution in [2.45, 2.75) is 43.7 Å². The first-order chi connectivity index (χ1) is 11.1. The summed E-state index contributed by atoms with van der Waals surface area (Å²) in [6.45, 7) is 4.47. The molecular weight excluding hydrogens is 433 g/mol. The van der Waals surface area contributed by atoms with Crippen molar-refractivity contribution in [3.05, 3.63) is 29.8 Å². The Hall–Kier alpha value is -0.470. The van der Waals surface area contributed by atoms with Gasteiger partial charge in [0.2, 0.25) is 0 Å². The third kappa shape index (κ3) is 6.44. The van der Waals surface area contributed by atoms with Gasteiger partial charge >= 0.3 is 0 Å². The van der Waals surface area contributed by atoms with Crippen LogP contribution in [0.15, 0.2) is 34.2 Å². The number of thioether (sulfide) groups is 1. The van der Waals surface area contributed by atoms with Gasteiger partial charge in [-0.25, -0.2) is 0 Å². The average Bonchev–Trinajstić information content (AvgIpc) is 2.97. The lowest BCUT2D eigenvalue weighted by molar-refractivity contribution is 0.136. The second kappa shape index (κ2) is 11.2. The van der Waals surface area contributed by atoms with Gasteiger partial charge in [-0.2, -0.15) is 0 Å². The first kappa shape index (κ1) is 21.6. The van der Waals surface area contributed by atoms with Crippen LogP contribution in [0.25, 0.3) is 0 Å². The van der Waals surface area contributed by atoms with E-state index < -0.39 is 0 Å². The number of nitrogens with one attached hydrogen (secondary N) is 1. The first-order valence-electron chi connectivity index (χ1n) is 8.44. The Balaban J connectivity index is 0.00000288. The Morgan fingerprint density at radius 2 is 2.04 bits per heavy atom. The monoisotopic (exact) mass is 463 g/mol. The summed E-state index contributed by atoms with van der Waals surface area (Å²) in [6.07, 6.45) is 5.05. The number of hydrogen-bond donors (Lipinski definition) is 2. The lowest BCUT2D eigenvalue weighted by Crippen LogP contribution is -2.39. The Morgan fingerprint density at radius 3 is 2.58 bits per heavy atom. The fourth-order valence-electron chi connectivity index (χ4n) is 2.98. The molecule has 2 rings (SSSR count). The summed E-state index contributed by atoms with van der Waals surface area (Å²) in [5.41, 5.74) is 1.27. The Bertz CT molecular complexity index is 509. The maximum atomic E-state index is 9.95. The second-order valence-electron chi connectivity index (χ2n) is 6.16. The van der Waals surface area contributed by atoms with Crippen molar-refractivity contribution in [1.29, 1.82) is 0 Å². The highest BCUT2D eigenvalue weighted by molar-refractivity contribution is 14.0. The van der Waals surface area contributed by atoms with E-state index in [1.807, 2.05) is 0 Å². The van der Waals surface area contributed by atoms with Gasteiger partial charge in [-0.3, -0.25) is 4.99 Å². The van der Waals surface area contributed by atoms with Crippen molar-refractivity contribution in [1.82, 2.24) is 10.2 Å². The molecule has 2 unspecified atom stereocenters. The van der Waals surface area contributed by atoms with Crippen LogP contribution < -0.4 is 5.32 Å². The van der Waals surface area contributed by atoms with Crippen LogP contribution in [0.3, 0.4) is 0 Å². The number of nitrogens with zero attached hydrogens (tertiary/aromatic N) is 2. The second-order valence-corrected chi connectivity index (χ2v) is 7.04. The molecule has 0 radical (unpaired) electrons. The molecule has 24 heavy (non-hydrogen) atoms. The van der Waals surface area contributed by atoms with Crippen molar-refractivity contribution in [3.63, 3.8) is 0 Å². The zero-order chi connectivity index (χ0) is 16.7. The van der Waals surface area contributed by atoms with Crippen molar-refractivity contribution in [2.24, 2.45) is 10.9 Å². The Labute approximate surface area is 167 Å². The molecule has 0 bridgehead atoms. The van der Waals surface area contributed by atoms with E-state index in [0.29, 0.717) is 12.5 Å². The highest BCUT2D eigenvalue weighted by Gasteiger charge is 2.25. The fraction of sp³-hybridized carbons (Fsp3) is 0.611. The van der Waals surface area contributed by atoms with Crippen molar-refractivity contribution >= 4 is 41.7 Å². The number of guanidine groups is 1. The topological polar surface area (TPSA) is 47.9 Å². The summed E-state index contributed by atoms with van der Waals surface area (Å²) in [5.74, 6) is 1.23. The molecule has 1 aliphatic carbocycles. The average molecular weight is 463 g/mol. The van der Waals surface area contributed by atoms with Crippen LogP contribution in [-0.4, -0.2) is 48.5 Å². The minimum Gasteiger partial charge on any atom is -0.393 e. The summed E-state index contributed by atoms with van der Waals surface area (Å²) in [4.78, 5) is 8.18. The largest absolute Gasteiger partial charge is 0.393 e. The van der Waals surface area contributed by atoms with Crippen molar-refractivity contribution in [3.8, 4) is 0 Å². The summed E-state index contributed by atoms with van der Waals surface area (Å²) in [6, 6.07) is 8.67. The molecule has 1 aromatic carbocycles. The molecule has 136 valence electrons. The summed E-state index contributed by atoms with van der Waals surface area (Å²) in [7, 11) is 2.06. The van der Waals surface area contributed by atoms with Crippen LogP contribution >= 0.6 is 35.7 Å². The maximum Gasteiger partial charge on any atom is 0.193 e. The smallest absolute Gasteiger partial charge is 0.193 e.